The number of nitrogens with two attached hydrogens (primary N) is 1. The Labute approximate surface area is 110 Å². The zero-order valence-electron chi connectivity index (χ0n) is 10.2. The van der Waals surface area contributed by atoms with E-state index >= 15 is 0 Å². The van der Waals surface area contributed by atoms with Gasteiger partial charge in [-0.25, -0.2) is 4.98 Å². The molecule has 1 fully saturated rings. The number of ether oxygens (including phenoxy) is 1. The number of aliphatic carboxylic acids is 1. The summed E-state index contributed by atoms with van der Waals surface area (Å²) < 4.78 is 5.67. The quantitative estimate of drug-likeness (QED) is 0.857. The van der Waals surface area contributed by atoms with E-state index in [1.807, 2.05) is 5.38 Å². The zero-order valence-corrected chi connectivity index (χ0v) is 11.0. The molecule has 0 amide bonds. The van der Waals surface area contributed by atoms with Gasteiger partial charge in [0.15, 0.2) is 5.13 Å². The molecular weight excluding hydrogens is 252 g/mol. The molecular formula is C12H18N2O3S. The minimum atomic E-state index is -0.803. The molecule has 0 radical (unpaired) electrons. The fraction of sp³-hybridized carbons (Fsp3) is 0.667. The van der Waals surface area contributed by atoms with E-state index in [4.69, 9.17) is 15.6 Å². The summed E-state index contributed by atoms with van der Waals surface area (Å²) in [6.45, 7) is 0.781. The van der Waals surface area contributed by atoms with Gasteiger partial charge in [0.05, 0.1) is 18.2 Å². The highest BCUT2D eigenvalue weighted by atomic mass is 32.1. The summed E-state index contributed by atoms with van der Waals surface area (Å²) in [5.41, 5.74) is 6.40. The predicted octanol–water partition coefficient (Wildman–Crippen LogP) is 2.24. The molecule has 18 heavy (non-hydrogen) atoms. The number of hydrogen-bond acceptors (Lipinski definition) is 5. The molecule has 1 aliphatic rings. The molecule has 0 spiro atoms. The largest absolute Gasteiger partial charge is 0.481 e. The number of rotatable bonds is 5. The maximum atomic E-state index is 10.9. The Morgan fingerprint density at radius 2 is 2.50 bits per heavy atom. The minimum absolute atomic E-state index is 0.0863. The molecule has 1 aromatic heterocycles. The van der Waals surface area contributed by atoms with E-state index < -0.39 is 5.97 Å². The second-order valence-corrected chi connectivity index (χ2v) is 5.52. The Hall–Kier alpha value is -1.14. The van der Waals surface area contributed by atoms with Crippen LogP contribution in [0, 0.1) is 0 Å². The third kappa shape index (κ3) is 3.68. The SMILES string of the molecule is Nc1nc(C(CC(=O)O)CC2CCCCO2)cs1. The minimum Gasteiger partial charge on any atom is -0.481 e. The molecule has 0 aliphatic carbocycles. The van der Waals surface area contributed by atoms with E-state index in [0.717, 1.165) is 38.0 Å². The van der Waals surface area contributed by atoms with Crippen molar-refractivity contribution in [3.8, 4) is 0 Å². The van der Waals surface area contributed by atoms with Crippen LogP contribution in [0.5, 0.6) is 0 Å². The van der Waals surface area contributed by atoms with E-state index in [-0.39, 0.29) is 18.4 Å². The Morgan fingerprint density at radius 1 is 1.67 bits per heavy atom. The van der Waals surface area contributed by atoms with Gasteiger partial charge in [0.1, 0.15) is 0 Å². The number of carboxylic acid groups (broad SMARTS) is 1. The standard InChI is InChI=1S/C12H18N2O3S/c13-12-14-10(7-18-12)8(6-11(15)16)5-9-3-1-2-4-17-9/h7-9H,1-6H2,(H2,13,14)(H,15,16). The smallest absolute Gasteiger partial charge is 0.304 e. The van der Waals surface area contributed by atoms with Gasteiger partial charge in [-0.15, -0.1) is 11.3 Å². The first-order chi connectivity index (χ1) is 8.65. The van der Waals surface area contributed by atoms with Crippen molar-refractivity contribution < 1.29 is 14.6 Å². The van der Waals surface area contributed by atoms with Gasteiger partial charge in [-0.1, -0.05) is 0 Å². The van der Waals surface area contributed by atoms with Crippen LogP contribution in [0.25, 0.3) is 0 Å². The van der Waals surface area contributed by atoms with Gasteiger partial charge < -0.3 is 15.6 Å². The van der Waals surface area contributed by atoms with Gasteiger partial charge in [-0.2, -0.15) is 0 Å². The molecule has 2 atom stereocenters. The van der Waals surface area contributed by atoms with Gasteiger partial charge in [0.25, 0.3) is 0 Å². The van der Waals surface area contributed by atoms with E-state index in [1.54, 1.807) is 0 Å². The highest BCUT2D eigenvalue weighted by Gasteiger charge is 2.24. The van der Waals surface area contributed by atoms with Crippen molar-refractivity contribution in [2.45, 2.75) is 44.1 Å². The summed E-state index contributed by atoms with van der Waals surface area (Å²) in [5, 5.41) is 11.3. The molecule has 0 bridgehead atoms. The first kappa shape index (κ1) is 13.3. The topological polar surface area (TPSA) is 85.4 Å². The number of carbonyl (C=O) groups is 1. The van der Waals surface area contributed by atoms with Gasteiger partial charge in [0.2, 0.25) is 0 Å². The predicted molar refractivity (Wildman–Crippen MR) is 69.7 cm³/mol. The molecule has 0 aromatic carbocycles. The number of thiazole rings is 1. The van der Waals surface area contributed by atoms with E-state index in [1.165, 1.54) is 11.3 Å². The molecule has 0 saturated carbocycles. The summed E-state index contributed by atoms with van der Waals surface area (Å²) in [5.74, 6) is -0.901. The third-order valence-corrected chi connectivity index (χ3v) is 3.89. The average molecular weight is 270 g/mol. The molecule has 6 heteroatoms. The summed E-state index contributed by atoms with van der Waals surface area (Å²) >= 11 is 1.35. The van der Waals surface area contributed by atoms with Gasteiger partial charge in [0, 0.05) is 17.9 Å². The maximum absolute atomic E-state index is 10.9. The summed E-state index contributed by atoms with van der Waals surface area (Å²) in [7, 11) is 0. The molecule has 5 nitrogen and oxygen atoms in total. The van der Waals surface area contributed by atoms with Crippen LogP contribution in [0.1, 0.15) is 43.7 Å². The van der Waals surface area contributed by atoms with Crippen molar-refractivity contribution in [2.75, 3.05) is 12.3 Å². The van der Waals surface area contributed by atoms with E-state index in [2.05, 4.69) is 4.98 Å². The lowest BCUT2D eigenvalue weighted by atomic mass is 9.92. The van der Waals surface area contributed by atoms with Crippen molar-refractivity contribution in [3.05, 3.63) is 11.1 Å². The van der Waals surface area contributed by atoms with Gasteiger partial charge in [-0.05, 0) is 25.7 Å². The lowest BCUT2D eigenvalue weighted by molar-refractivity contribution is -0.137. The fourth-order valence-corrected chi connectivity index (χ4v) is 2.96. The monoisotopic (exact) mass is 270 g/mol. The Kier molecular flexibility index (Phi) is 4.54. The third-order valence-electron chi connectivity index (χ3n) is 3.20. The first-order valence-electron chi connectivity index (χ1n) is 6.19. The molecule has 3 N–H and O–H groups in total. The fourth-order valence-electron chi connectivity index (χ4n) is 2.32. The highest BCUT2D eigenvalue weighted by molar-refractivity contribution is 7.13. The lowest BCUT2D eigenvalue weighted by Gasteiger charge is -2.25. The number of aromatic nitrogens is 1. The number of nitrogen functional groups attached to an aromatic ring is 1. The molecule has 2 rings (SSSR count). The van der Waals surface area contributed by atoms with Gasteiger partial charge >= 0.3 is 5.97 Å². The molecule has 2 unspecified atom stereocenters. The maximum Gasteiger partial charge on any atom is 0.304 e. The molecule has 1 saturated heterocycles. The Bertz CT molecular complexity index is 402. The number of carboxylic acids is 1. The molecule has 1 aliphatic heterocycles. The van der Waals surface area contributed by atoms with Crippen molar-refractivity contribution in [1.82, 2.24) is 4.98 Å². The normalized spacial score (nSPS) is 21.7. The lowest BCUT2D eigenvalue weighted by Crippen LogP contribution is -2.23. The van der Waals surface area contributed by atoms with E-state index in [9.17, 15) is 4.79 Å². The Morgan fingerprint density at radius 3 is 3.06 bits per heavy atom. The number of hydrogen-bond donors (Lipinski definition) is 2. The van der Waals surface area contributed by atoms with Crippen molar-refractivity contribution in [2.24, 2.45) is 0 Å². The zero-order chi connectivity index (χ0) is 13.0. The Balaban J connectivity index is 2.02. The average Bonchev–Trinajstić information content (AvgIpc) is 2.76. The number of anilines is 1. The van der Waals surface area contributed by atoms with Crippen LogP contribution < -0.4 is 5.73 Å². The van der Waals surface area contributed by atoms with Crippen LogP contribution in [0.15, 0.2) is 5.38 Å². The van der Waals surface area contributed by atoms with Crippen LogP contribution in [-0.4, -0.2) is 28.8 Å². The van der Waals surface area contributed by atoms with Crippen LogP contribution in [0.4, 0.5) is 5.13 Å². The highest BCUT2D eigenvalue weighted by Crippen LogP contribution is 2.30. The van der Waals surface area contributed by atoms with E-state index in [0.29, 0.717) is 5.13 Å². The van der Waals surface area contributed by atoms with Crippen LogP contribution in [0.3, 0.4) is 0 Å². The van der Waals surface area contributed by atoms with Crippen LogP contribution in [0.2, 0.25) is 0 Å². The molecule has 100 valence electrons. The van der Waals surface area contributed by atoms with Gasteiger partial charge in [-0.3, -0.25) is 4.79 Å². The van der Waals surface area contributed by atoms with Crippen LogP contribution in [-0.2, 0) is 9.53 Å². The summed E-state index contributed by atoms with van der Waals surface area (Å²) in [6.07, 6.45) is 4.23. The first-order valence-corrected chi connectivity index (χ1v) is 7.07. The molecule has 1 aromatic rings. The second kappa shape index (κ2) is 6.15. The second-order valence-electron chi connectivity index (χ2n) is 4.63. The number of nitrogens with zero attached hydrogens (tertiary/aromatic N) is 1. The van der Waals surface area contributed by atoms with Crippen molar-refractivity contribution >= 4 is 22.4 Å². The summed E-state index contributed by atoms with van der Waals surface area (Å²) in [6, 6.07) is 0. The summed E-state index contributed by atoms with van der Waals surface area (Å²) in [4.78, 5) is 15.1. The van der Waals surface area contributed by atoms with Crippen molar-refractivity contribution in [1.29, 1.82) is 0 Å². The van der Waals surface area contributed by atoms with Crippen molar-refractivity contribution in [3.63, 3.8) is 0 Å². The molecule has 2 heterocycles. The van der Waals surface area contributed by atoms with Crippen LogP contribution >= 0.6 is 11.3 Å².